The summed E-state index contributed by atoms with van der Waals surface area (Å²) < 4.78 is 3.95. The number of cyclic esters (lactones) is 2. The minimum Gasteiger partial charge on any atom is -0.481 e. The van der Waals surface area contributed by atoms with E-state index in [2.05, 4.69) is 36.8 Å². The van der Waals surface area contributed by atoms with E-state index in [4.69, 9.17) is 21.8 Å². The van der Waals surface area contributed by atoms with Crippen LogP contribution in [0.2, 0.25) is 0 Å². The van der Waals surface area contributed by atoms with Crippen LogP contribution in [0.1, 0.15) is 12.8 Å². The first-order valence-electron chi connectivity index (χ1n) is 5.06. The van der Waals surface area contributed by atoms with Crippen LogP contribution in [0.5, 0.6) is 0 Å². The maximum Gasteiger partial charge on any atom is 0.343 e. The fourth-order valence-electron chi connectivity index (χ4n) is 0.587. The van der Waals surface area contributed by atoms with E-state index in [9.17, 15) is 14.4 Å². The first-order valence-corrected chi connectivity index (χ1v) is 5.49. The van der Waals surface area contributed by atoms with E-state index in [1.54, 1.807) is 0 Å². The third-order valence-electron chi connectivity index (χ3n) is 1.17. The Morgan fingerprint density at radius 1 is 1.45 bits per heavy atom. The molecule has 1 saturated heterocycles. The first-order chi connectivity index (χ1) is 9.30. The van der Waals surface area contributed by atoms with Gasteiger partial charge in [-0.2, -0.15) is 0 Å². The SMILES string of the molecule is C=C=C.C=CCC(=O)O.C=CCl.O=C1CC(O)C(=O)O1. The molecule has 6 nitrogen and oxygen atoms in total. The summed E-state index contributed by atoms with van der Waals surface area (Å²) in [5, 5.41) is 16.3. The number of aliphatic hydroxyl groups excluding tert-OH is 1. The third kappa shape index (κ3) is 21.2. The number of aliphatic hydroxyl groups is 1. The molecule has 0 amide bonds. The van der Waals surface area contributed by atoms with Crippen LogP contribution < -0.4 is 0 Å². The number of ether oxygens (including phenoxy) is 1. The molecular formula is C13H17ClO6. The Balaban J connectivity index is -0.000000214. The summed E-state index contributed by atoms with van der Waals surface area (Å²) in [6.45, 7) is 12.6. The number of carbonyl (C=O) groups is 3. The van der Waals surface area contributed by atoms with Crippen LogP contribution in [0.15, 0.2) is 43.7 Å². The molecule has 1 heterocycles. The largest absolute Gasteiger partial charge is 0.481 e. The van der Waals surface area contributed by atoms with Gasteiger partial charge in [-0.3, -0.25) is 9.59 Å². The van der Waals surface area contributed by atoms with E-state index < -0.39 is 24.0 Å². The Morgan fingerprint density at radius 2 is 1.85 bits per heavy atom. The number of carbonyl (C=O) groups excluding carboxylic acids is 2. The predicted octanol–water partition coefficient (Wildman–Crippen LogP) is 1.79. The number of carboxylic acids is 1. The minimum absolute atomic E-state index is 0.0556. The Bertz CT molecular complexity index is 369. The second kappa shape index (κ2) is 16.9. The van der Waals surface area contributed by atoms with Gasteiger partial charge in [-0.1, -0.05) is 37.4 Å². The molecule has 0 aromatic carbocycles. The molecule has 0 aromatic heterocycles. The average Bonchev–Trinajstić information content (AvgIpc) is 2.58. The topological polar surface area (TPSA) is 101 Å². The lowest BCUT2D eigenvalue weighted by Gasteiger charge is -1.86. The van der Waals surface area contributed by atoms with Gasteiger partial charge >= 0.3 is 17.9 Å². The quantitative estimate of drug-likeness (QED) is 0.349. The molecule has 1 unspecified atom stereocenters. The van der Waals surface area contributed by atoms with Crippen molar-refractivity contribution in [3.63, 3.8) is 0 Å². The summed E-state index contributed by atoms with van der Waals surface area (Å²) in [5.74, 6) is -2.32. The van der Waals surface area contributed by atoms with E-state index in [1.807, 2.05) is 0 Å². The van der Waals surface area contributed by atoms with Crippen LogP contribution in [0.3, 0.4) is 0 Å². The molecule has 0 radical (unpaired) electrons. The fourth-order valence-corrected chi connectivity index (χ4v) is 0.587. The number of hydrogen-bond donors (Lipinski definition) is 2. The summed E-state index contributed by atoms with van der Waals surface area (Å²) in [7, 11) is 0. The fraction of sp³-hybridized carbons (Fsp3) is 0.231. The molecule has 112 valence electrons. The maximum atomic E-state index is 10.1. The molecule has 0 saturated carbocycles. The molecule has 2 N–H and O–H groups in total. The van der Waals surface area contributed by atoms with Crippen LogP contribution in [-0.4, -0.2) is 34.2 Å². The normalized spacial score (nSPS) is 14.6. The molecule has 20 heavy (non-hydrogen) atoms. The van der Waals surface area contributed by atoms with Crippen molar-refractivity contribution < 1.29 is 29.3 Å². The van der Waals surface area contributed by atoms with Gasteiger partial charge in [0, 0.05) is 0 Å². The highest BCUT2D eigenvalue weighted by Gasteiger charge is 2.30. The van der Waals surface area contributed by atoms with E-state index in [0.717, 1.165) is 0 Å². The highest BCUT2D eigenvalue weighted by Crippen LogP contribution is 2.05. The molecule has 1 aliphatic rings. The lowest BCUT2D eigenvalue weighted by atomic mass is 10.3. The van der Waals surface area contributed by atoms with Gasteiger partial charge in [-0.15, -0.1) is 12.3 Å². The molecule has 0 bridgehead atoms. The van der Waals surface area contributed by atoms with Gasteiger partial charge in [0.25, 0.3) is 0 Å². The van der Waals surface area contributed by atoms with Crippen LogP contribution in [0.4, 0.5) is 0 Å². The molecule has 0 aromatic rings. The van der Waals surface area contributed by atoms with Crippen molar-refractivity contribution >= 4 is 29.5 Å². The van der Waals surface area contributed by atoms with E-state index in [-0.39, 0.29) is 12.8 Å². The summed E-state index contributed by atoms with van der Waals surface area (Å²) in [6, 6.07) is 0. The van der Waals surface area contributed by atoms with Gasteiger partial charge in [-0.25, -0.2) is 4.79 Å². The monoisotopic (exact) mass is 304 g/mol. The maximum absolute atomic E-state index is 10.1. The van der Waals surface area contributed by atoms with Crippen molar-refractivity contribution in [1.29, 1.82) is 0 Å². The van der Waals surface area contributed by atoms with Crippen LogP contribution in [0, 0.1) is 0 Å². The lowest BCUT2D eigenvalue weighted by molar-refractivity contribution is -0.154. The minimum atomic E-state index is -1.22. The summed E-state index contributed by atoms with van der Waals surface area (Å²) in [4.78, 5) is 29.7. The van der Waals surface area contributed by atoms with Gasteiger partial charge in [-0.05, 0) is 5.54 Å². The smallest absolute Gasteiger partial charge is 0.343 e. The van der Waals surface area contributed by atoms with Crippen LogP contribution >= 0.6 is 11.6 Å². The number of carboxylic acid groups (broad SMARTS) is 1. The van der Waals surface area contributed by atoms with Gasteiger partial charge in [0.1, 0.15) is 0 Å². The van der Waals surface area contributed by atoms with E-state index >= 15 is 0 Å². The number of hydrogen-bond acceptors (Lipinski definition) is 5. The Labute approximate surface area is 122 Å². The number of rotatable bonds is 2. The van der Waals surface area contributed by atoms with Crippen molar-refractivity contribution in [2.75, 3.05) is 0 Å². The molecule has 1 atom stereocenters. The highest BCUT2D eigenvalue weighted by molar-refractivity contribution is 6.25. The molecule has 7 heteroatoms. The van der Waals surface area contributed by atoms with Crippen molar-refractivity contribution in [3.05, 3.63) is 43.7 Å². The van der Waals surface area contributed by atoms with Gasteiger partial charge in [0.05, 0.1) is 12.8 Å². The van der Waals surface area contributed by atoms with Crippen molar-refractivity contribution in [2.45, 2.75) is 18.9 Å². The lowest BCUT2D eigenvalue weighted by Crippen LogP contribution is -2.11. The predicted molar refractivity (Wildman–Crippen MR) is 75.0 cm³/mol. The number of halogens is 1. The Morgan fingerprint density at radius 3 is 1.90 bits per heavy atom. The van der Waals surface area contributed by atoms with Gasteiger partial charge in [0.15, 0.2) is 6.10 Å². The first kappa shape index (κ1) is 23.0. The summed E-state index contributed by atoms with van der Waals surface area (Å²) in [5.41, 5.74) is 3.47. The Hall–Kier alpha value is -2.14. The summed E-state index contributed by atoms with van der Waals surface area (Å²) >= 11 is 4.76. The van der Waals surface area contributed by atoms with Crippen molar-refractivity contribution in [3.8, 4) is 0 Å². The molecule has 1 fully saturated rings. The second-order valence-corrected chi connectivity index (χ2v) is 3.11. The van der Waals surface area contributed by atoms with E-state index in [1.165, 1.54) is 11.6 Å². The molecule has 0 spiro atoms. The molecular weight excluding hydrogens is 288 g/mol. The number of aliphatic carboxylic acids is 1. The van der Waals surface area contributed by atoms with Crippen LogP contribution in [-0.2, 0) is 19.1 Å². The second-order valence-electron chi connectivity index (χ2n) is 2.80. The zero-order chi connectivity index (χ0) is 16.6. The standard InChI is InChI=1S/C4H4O4.C4H6O2.C3H4.C2H3Cl/c5-2-1-3(6)8-4(2)7;1-2-3-4(5)6;1-3-2;1-2-3/h2,5H,1H2;2H,1,3H2,(H,5,6);1-2H2;2H,1H2. The zero-order valence-electron chi connectivity index (χ0n) is 10.9. The van der Waals surface area contributed by atoms with Crippen molar-refractivity contribution in [2.24, 2.45) is 0 Å². The molecule has 0 aliphatic carbocycles. The average molecular weight is 305 g/mol. The van der Waals surface area contributed by atoms with E-state index in [0.29, 0.717) is 0 Å². The molecule has 1 rings (SSSR count). The number of esters is 2. The third-order valence-corrected chi connectivity index (χ3v) is 1.17. The Kier molecular flexibility index (Phi) is 19.4. The van der Waals surface area contributed by atoms with Gasteiger partial charge < -0.3 is 14.9 Å². The van der Waals surface area contributed by atoms with Crippen LogP contribution in [0.25, 0.3) is 0 Å². The van der Waals surface area contributed by atoms with Crippen molar-refractivity contribution in [1.82, 2.24) is 0 Å². The highest BCUT2D eigenvalue weighted by atomic mass is 35.5. The zero-order valence-corrected chi connectivity index (χ0v) is 11.6. The summed E-state index contributed by atoms with van der Waals surface area (Å²) in [6.07, 6.45) is -0.0104. The molecule has 1 aliphatic heterocycles. The van der Waals surface area contributed by atoms with Gasteiger partial charge in [0.2, 0.25) is 0 Å².